The largest absolute Gasteiger partial charge is 0.416 e. The van der Waals surface area contributed by atoms with Crippen molar-refractivity contribution < 1.29 is 9.22 Å². The van der Waals surface area contributed by atoms with Crippen LogP contribution in [0.15, 0.2) is 28.9 Å². The Morgan fingerprint density at radius 3 is 2.46 bits per heavy atom. The Morgan fingerprint density at radius 1 is 1.29 bits per heavy atom. The smallest absolute Gasteiger partial charge is 0.192 e. The van der Waals surface area contributed by atoms with Crippen molar-refractivity contribution in [3.8, 4) is 6.07 Å². The van der Waals surface area contributed by atoms with Crippen molar-refractivity contribution in [3.05, 3.63) is 34.4 Å². The normalized spacial score (nSPS) is 14.1. The first-order valence-electron chi connectivity index (χ1n) is 9.62. The number of rotatable bonds is 7. The topological polar surface area (TPSA) is 55.0 Å². The lowest BCUT2D eigenvalue weighted by Gasteiger charge is -2.36. The second-order valence-corrected chi connectivity index (χ2v) is 15.3. The monoisotopic (exact) mass is 462 g/mol. The predicted molar refractivity (Wildman–Crippen MR) is 121 cm³/mol. The zero-order valence-corrected chi connectivity index (χ0v) is 20.6. The molecule has 2 rings (SSSR count). The van der Waals surface area contributed by atoms with Crippen molar-refractivity contribution in [3.63, 3.8) is 0 Å². The van der Waals surface area contributed by atoms with Gasteiger partial charge in [0.15, 0.2) is 8.32 Å². The van der Waals surface area contributed by atoms with Gasteiger partial charge in [0.05, 0.1) is 17.4 Å². The van der Waals surface area contributed by atoms with Gasteiger partial charge in [-0.1, -0.05) is 42.8 Å². The van der Waals surface area contributed by atoms with Crippen LogP contribution >= 0.6 is 15.9 Å². The average Bonchev–Trinajstić information content (AvgIpc) is 2.96. The number of carbonyl (C=O) groups excluding carboxylic acids is 1. The maximum atomic E-state index is 11.8. The summed E-state index contributed by atoms with van der Waals surface area (Å²) in [5, 5.41) is 10.8. The molecule has 2 aromatic rings. The van der Waals surface area contributed by atoms with Gasteiger partial charge in [-0.05, 0) is 49.7 Å². The van der Waals surface area contributed by atoms with E-state index >= 15 is 0 Å². The van der Waals surface area contributed by atoms with Gasteiger partial charge in [0.1, 0.15) is 6.29 Å². The van der Waals surface area contributed by atoms with Gasteiger partial charge in [-0.3, -0.25) is 0 Å². The second kappa shape index (κ2) is 8.14. The highest BCUT2D eigenvalue weighted by Crippen LogP contribution is 2.37. The fourth-order valence-corrected chi connectivity index (χ4v) is 4.31. The molecule has 1 heterocycles. The van der Waals surface area contributed by atoms with Crippen molar-refractivity contribution in [1.82, 2.24) is 4.57 Å². The predicted octanol–water partition coefficient (Wildman–Crippen LogP) is 6.04. The van der Waals surface area contributed by atoms with Gasteiger partial charge in [0.25, 0.3) is 0 Å². The van der Waals surface area contributed by atoms with E-state index in [1.54, 1.807) is 0 Å². The summed E-state index contributed by atoms with van der Waals surface area (Å²) in [6.07, 6.45) is 3.01. The first kappa shape index (κ1) is 22.9. The van der Waals surface area contributed by atoms with Crippen LogP contribution in [0.25, 0.3) is 10.9 Å². The number of hydrogen-bond donors (Lipinski definition) is 0. The third-order valence-electron chi connectivity index (χ3n) is 5.89. The van der Waals surface area contributed by atoms with Crippen LogP contribution in [-0.4, -0.2) is 25.8 Å². The molecule has 152 valence electrons. The quantitative estimate of drug-likeness (QED) is 0.372. The SMILES string of the molecule is CC(C)(C#N)c1cn(CC(C=O)CO[Si](C)(C)C(C)(C)C)c2cc(Br)ccc12. The van der Waals surface area contributed by atoms with Crippen molar-refractivity contribution >= 4 is 41.4 Å². The lowest BCUT2D eigenvalue weighted by Crippen LogP contribution is -2.42. The molecule has 1 atom stereocenters. The van der Waals surface area contributed by atoms with Crippen molar-refractivity contribution in [2.75, 3.05) is 6.61 Å². The highest BCUT2D eigenvalue weighted by Gasteiger charge is 2.37. The fourth-order valence-electron chi connectivity index (χ4n) is 2.89. The molecule has 0 bridgehead atoms. The van der Waals surface area contributed by atoms with Crippen LogP contribution in [0.2, 0.25) is 18.1 Å². The molecule has 1 aromatic carbocycles. The van der Waals surface area contributed by atoms with Crippen LogP contribution in [0.4, 0.5) is 0 Å². The molecule has 0 saturated heterocycles. The highest BCUT2D eigenvalue weighted by molar-refractivity contribution is 9.10. The summed E-state index contributed by atoms with van der Waals surface area (Å²) < 4.78 is 9.34. The lowest BCUT2D eigenvalue weighted by atomic mass is 9.86. The van der Waals surface area contributed by atoms with E-state index < -0.39 is 13.7 Å². The van der Waals surface area contributed by atoms with E-state index in [-0.39, 0.29) is 11.0 Å². The fraction of sp³-hybridized carbons (Fsp3) is 0.545. The van der Waals surface area contributed by atoms with Crippen molar-refractivity contribution in [1.29, 1.82) is 5.26 Å². The number of aldehydes is 1. The van der Waals surface area contributed by atoms with E-state index in [0.29, 0.717) is 13.2 Å². The molecule has 1 aromatic heterocycles. The number of nitrogens with zero attached hydrogens (tertiary/aromatic N) is 2. The highest BCUT2D eigenvalue weighted by atomic mass is 79.9. The molecule has 4 nitrogen and oxygen atoms in total. The molecule has 0 fully saturated rings. The van der Waals surface area contributed by atoms with Crippen LogP contribution in [-0.2, 0) is 21.2 Å². The van der Waals surface area contributed by atoms with E-state index in [2.05, 4.69) is 60.4 Å². The van der Waals surface area contributed by atoms with Gasteiger partial charge in [-0.2, -0.15) is 5.26 Å². The van der Waals surface area contributed by atoms with Crippen LogP contribution in [0, 0.1) is 17.2 Å². The van der Waals surface area contributed by atoms with E-state index in [1.807, 2.05) is 38.2 Å². The maximum absolute atomic E-state index is 11.8. The van der Waals surface area contributed by atoms with Gasteiger partial charge >= 0.3 is 0 Å². The summed E-state index contributed by atoms with van der Waals surface area (Å²) in [7, 11) is -1.91. The average molecular weight is 463 g/mol. The molecule has 28 heavy (non-hydrogen) atoms. The minimum Gasteiger partial charge on any atom is -0.416 e. The molecule has 0 N–H and O–H groups in total. The minimum atomic E-state index is -1.91. The maximum Gasteiger partial charge on any atom is 0.192 e. The summed E-state index contributed by atoms with van der Waals surface area (Å²) in [4.78, 5) is 11.8. The number of hydrogen-bond acceptors (Lipinski definition) is 3. The van der Waals surface area contributed by atoms with E-state index in [0.717, 1.165) is 27.2 Å². The van der Waals surface area contributed by atoms with Gasteiger partial charge in [0.2, 0.25) is 0 Å². The minimum absolute atomic E-state index is 0.107. The van der Waals surface area contributed by atoms with Crippen LogP contribution in [0.5, 0.6) is 0 Å². The Morgan fingerprint density at radius 2 is 1.93 bits per heavy atom. The Kier molecular flexibility index (Phi) is 6.64. The lowest BCUT2D eigenvalue weighted by molar-refractivity contribution is -0.112. The molecule has 0 aliphatic carbocycles. The van der Waals surface area contributed by atoms with Gasteiger partial charge < -0.3 is 13.8 Å². The molecule has 0 radical (unpaired) electrons. The van der Waals surface area contributed by atoms with Gasteiger partial charge in [-0.15, -0.1) is 0 Å². The first-order chi connectivity index (χ1) is 12.8. The Balaban J connectivity index is 2.35. The molecule has 0 saturated carbocycles. The third kappa shape index (κ3) is 4.76. The molecule has 0 spiro atoms. The summed E-state index contributed by atoms with van der Waals surface area (Å²) in [6, 6.07) is 8.46. The van der Waals surface area contributed by atoms with E-state index in [4.69, 9.17) is 4.43 Å². The van der Waals surface area contributed by atoms with Gasteiger partial charge in [0, 0.05) is 34.7 Å². The summed E-state index contributed by atoms with van der Waals surface area (Å²) >= 11 is 3.54. The molecular weight excluding hydrogens is 432 g/mol. The number of halogens is 1. The van der Waals surface area contributed by atoms with Crippen molar-refractivity contribution in [2.45, 2.75) is 64.7 Å². The Labute approximate surface area is 178 Å². The van der Waals surface area contributed by atoms with E-state index in [1.165, 1.54) is 0 Å². The van der Waals surface area contributed by atoms with E-state index in [9.17, 15) is 10.1 Å². The Hall–Kier alpha value is -1.42. The number of carbonyl (C=O) groups is 1. The summed E-state index contributed by atoms with van der Waals surface area (Å²) in [6.45, 7) is 15.8. The van der Waals surface area contributed by atoms with Crippen molar-refractivity contribution in [2.24, 2.45) is 5.92 Å². The molecule has 1 unspecified atom stereocenters. The molecule has 0 amide bonds. The third-order valence-corrected chi connectivity index (χ3v) is 10.9. The van der Waals surface area contributed by atoms with Gasteiger partial charge in [-0.25, -0.2) is 0 Å². The summed E-state index contributed by atoms with van der Waals surface area (Å²) in [5.74, 6) is -0.234. The van der Waals surface area contributed by atoms with Crippen LogP contribution in [0.1, 0.15) is 40.2 Å². The van der Waals surface area contributed by atoms with Crippen LogP contribution in [0.3, 0.4) is 0 Å². The summed E-state index contributed by atoms with van der Waals surface area (Å²) in [5.41, 5.74) is 1.39. The Bertz CT molecular complexity index is 904. The number of benzene rings is 1. The molecular formula is C22H31BrN2O2Si. The zero-order chi connectivity index (χ0) is 21.3. The standard InChI is InChI=1S/C22H31BrN2O2Si/c1-21(2,3)28(6,7)27-14-16(13-26)11-25-12-19(22(4,5)15-24)18-9-8-17(23)10-20(18)25/h8-10,12-13,16H,11,14H2,1-7H3. The second-order valence-electron chi connectivity index (χ2n) is 9.56. The number of fused-ring (bicyclic) bond motifs is 1. The zero-order valence-electron chi connectivity index (χ0n) is 18.0. The molecule has 6 heteroatoms. The number of aromatic nitrogens is 1. The van der Waals surface area contributed by atoms with Crippen LogP contribution < -0.4 is 0 Å². The first-order valence-corrected chi connectivity index (χ1v) is 13.3. The molecule has 0 aliphatic rings. The molecule has 0 aliphatic heterocycles. The number of nitriles is 1.